The van der Waals surface area contributed by atoms with Crippen LogP contribution in [-0.4, -0.2) is 22.6 Å². The first-order valence-corrected chi connectivity index (χ1v) is 5.66. The summed E-state index contributed by atoms with van der Waals surface area (Å²) in [5.74, 6) is 0.672. The van der Waals surface area contributed by atoms with Gasteiger partial charge in [0.2, 0.25) is 0 Å². The largest absolute Gasteiger partial charge is 0.353 e. The van der Waals surface area contributed by atoms with Crippen LogP contribution in [0.5, 0.6) is 0 Å². The summed E-state index contributed by atoms with van der Waals surface area (Å²) < 4.78 is 0.481. The molecule has 1 rings (SSSR count). The van der Waals surface area contributed by atoms with Crippen molar-refractivity contribution in [1.29, 1.82) is 0 Å². The summed E-state index contributed by atoms with van der Waals surface area (Å²) in [6.07, 6.45) is 2.40. The van der Waals surface area contributed by atoms with Crippen molar-refractivity contribution in [2.24, 2.45) is 0 Å². The lowest BCUT2D eigenvalue weighted by Gasteiger charge is -2.36. The van der Waals surface area contributed by atoms with E-state index in [0.717, 1.165) is 6.42 Å². The van der Waals surface area contributed by atoms with Gasteiger partial charge in [-0.3, -0.25) is 4.79 Å². The molecule has 0 unspecified atom stereocenters. The summed E-state index contributed by atoms with van der Waals surface area (Å²) in [4.78, 5) is 20.1. The summed E-state index contributed by atoms with van der Waals surface area (Å²) in [6.45, 7) is 6.34. The van der Waals surface area contributed by atoms with Crippen LogP contribution in [0.3, 0.4) is 0 Å². The lowest BCUT2D eigenvalue weighted by molar-refractivity contribution is 0.466. The molecule has 0 aliphatic heterocycles. The smallest absolute Gasteiger partial charge is 0.267 e. The van der Waals surface area contributed by atoms with E-state index in [0.29, 0.717) is 10.3 Å². The van der Waals surface area contributed by atoms with Gasteiger partial charge in [0.25, 0.3) is 5.56 Å². The minimum absolute atomic E-state index is 0.0245. The summed E-state index contributed by atoms with van der Waals surface area (Å²) in [6, 6.07) is 0. The Bertz CT molecular complexity index is 400. The molecule has 1 aromatic rings. The van der Waals surface area contributed by atoms with E-state index >= 15 is 0 Å². The third kappa shape index (κ3) is 2.40. The normalized spacial score (nSPS) is 11.5. The van der Waals surface area contributed by atoms with Gasteiger partial charge in [0, 0.05) is 12.6 Å². The molecule has 4 nitrogen and oxygen atoms in total. The summed E-state index contributed by atoms with van der Waals surface area (Å²) in [7, 11) is 1.94. The highest BCUT2D eigenvalue weighted by molar-refractivity contribution is 9.10. The third-order valence-electron chi connectivity index (χ3n) is 2.87. The maximum Gasteiger partial charge on any atom is 0.267 e. The predicted molar refractivity (Wildman–Crippen MR) is 65.3 cm³/mol. The Morgan fingerprint density at radius 2 is 2.20 bits per heavy atom. The molecule has 0 fully saturated rings. The van der Waals surface area contributed by atoms with Gasteiger partial charge in [-0.15, -0.1) is 0 Å². The van der Waals surface area contributed by atoms with Gasteiger partial charge in [0.05, 0.1) is 6.33 Å². The Morgan fingerprint density at radius 3 is 2.73 bits per heavy atom. The minimum atomic E-state index is -0.154. The van der Waals surface area contributed by atoms with Crippen LogP contribution in [0.1, 0.15) is 27.2 Å². The molecule has 15 heavy (non-hydrogen) atoms. The van der Waals surface area contributed by atoms with Crippen molar-refractivity contribution < 1.29 is 0 Å². The molecule has 1 heterocycles. The number of aromatic amines is 1. The summed E-state index contributed by atoms with van der Waals surface area (Å²) in [5, 5.41) is 0. The van der Waals surface area contributed by atoms with Gasteiger partial charge in [-0.05, 0) is 36.2 Å². The van der Waals surface area contributed by atoms with E-state index in [1.807, 2.05) is 11.9 Å². The lowest BCUT2D eigenvalue weighted by atomic mass is 10.0. The standard InChI is InChI=1S/C10H16BrN3O/c1-5-10(2,3)14(4)8-7(11)9(15)13-6-12-8/h6H,5H2,1-4H3,(H,12,13,15). The van der Waals surface area contributed by atoms with Crippen molar-refractivity contribution in [1.82, 2.24) is 9.97 Å². The van der Waals surface area contributed by atoms with Crippen molar-refractivity contribution in [2.45, 2.75) is 32.7 Å². The fraction of sp³-hybridized carbons (Fsp3) is 0.600. The van der Waals surface area contributed by atoms with Crippen LogP contribution in [0, 0.1) is 0 Å². The maximum atomic E-state index is 11.4. The fourth-order valence-corrected chi connectivity index (χ4v) is 1.61. The zero-order valence-electron chi connectivity index (χ0n) is 9.47. The zero-order valence-corrected chi connectivity index (χ0v) is 11.1. The van der Waals surface area contributed by atoms with Crippen LogP contribution in [0.2, 0.25) is 0 Å². The second-order valence-electron chi connectivity index (χ2n) is 4.09. The highest BCUT2D eigenvalue weighted by atomic mass is 79.9. The Labute approximate surface area is 97.8 Å². The molecule has 0 atom stereocenters. The first-order chi connectivity index (χ1) is 6.90. The molecule has 0 aliphatic carbocycles. The quantitative estimate of drug-likeness (QED) is 0.918. The van der Waals surface area contributed by atoms with Crippen LogP contribution in [-0.2, 0) is 0 Å². The van der Waals surface area contributed by atoms with Crippen LogP contribution in [0.15, 0.2) is 15.6 Å². The monoisotopic (exact) mass is 273 g/mol. The van der Waals surface area contributed by atoms with Gasteiger partial charge < -0.3 is 9.88 Å². The van der Waals surface area contributed by atoms with Gasteiger partial charge >= 0.3 is 0 Å². The Balaban J connectivity index is 3.17. The van der Waals surface area contributed by atoms with Crippen LogP contribution in [0.25, 0.3) is 0 Å². The van der Waals surface area contributed by atoms with E-state index in [2.05, 4.69) is 46.7 Å². The number of H-pyrrole nitrogens is 1. The van der Waals surface area contributed by atoms with Gasteiger partial charge in [-0.2, -0.15) is 0 Å². The second kappa shape index (κ2) is 4.35. The van der Waals surface area contributed by atoms with Crippen molar-refractivity contribution in [3.8, 4) is 0 Å². The molecular weight excluding hydrogens is 258 g/mol. The number of nitrogens with one attached hydrogen (secondary N) is 1. The topological polar surface area (TPSA) is 49.0 Å². The first-order valence-electron chi connectivity index (χ1n) is 4.87. The van der Waals surface area contributed by atoms with Crippen molar-refractivity contribution in [3.63, 3.8) is 0 Å². The molecule has 1 N–H and O–H groups in total. The zero-order chi connectivity index (χ0) is 11.6. The number of nitrogens with zero attached hydrogens (tertiary/aromatic N) is 2. The molecule has 0 spiro atoms. The first kappa shape index (κ1) is 12.2. The molecule has 1 aromatic heterocycles. The van der Waals surface area contributed by atoms with E-state index in [9.17, 15) is 4.79 Å². The molecular formula is C10H16BrN3O. The number of hydrogen-bond donors (Lipinski definition) is 1. The molecule has 0 aromatic carbocycles. The third-order valence-corrected chi connectivity index (χ3v) is 3.58. The van der Waals surface area contributed by atoms with E-state index in [4.69, 9.17) is 0 Å². The average Bonchev–Trinajstić information content (AvgIpc) is 2.21. The van der Waals surface area contributed by atoms with Crippen LogP contribution in [0.4, 0.5) is 5.82 Å². The lowest BCUT2D eigenvalue weighted by Crippen LogP contribution is -2.41. The second-order valence-corrected chi connectivity index (χ2v) is 4.89. The molecule has 0 saturated carbocycles. The molecule has 0 amide bonds. The van der Waals surface area contributed by atoms with Crippen molar-refractivity contribution in [2.75, 3.05) is 11.9 Å². The van der Waals surface area contributed by atoms with E-state index < -0.39 is 0 Å². The van der Waals surface area contributed by atoms with Gasteiger partial charge in [-0.25, -0.2) is 4.98 Å². The molecule has 0 aliphatic rings. The predicted octanol–water partition coefficient (Wildman–Crippen LogP) is 2.16. The number of halogens is 1. The highest BCUT2D eigenvalue weighted by Gasteiger charge is 2.24. The minimum Gasteiger partial charge on any atom is -0.353 e. The Hall–Kier alpha value is -0.840. The van der Waals surface area contributed by atoms with Gasteiger partial charge in [0.1, 0.15) is 4.47 Å². The highest BCUT2D eigenvalue weighted by Crippen LogP contribution is 2.26. The number of aromatic nitrogens is 2. The van der Waals surface area contributed by atoms with Crippen molar-refractivity contribution >= 4 is 21.7 Å². The Kier molecular flexibility index (Phi) is 3.54. The van der Waals surface area contributed by atoms with Gasteiger partial charge in [0.15, 0.2) is 5.82 Å². The summed E-state index contributed by atoms with van der Waals surface area (Å²) >= 11 is 3.25. The maximum absolute atomic E-state index is 11.4. The van der Waals surface area contributed by atoms with E-state index in [1.165, 1.54) is 6.33 Å². The van der Waals surface area contributed by atoms with Crippen molar-refractivity contribution in [3.05, 3.63) is 21.2 Å². The molecule has 0 bridgehead atoms. The van der Waals surface area contributed by atoms with Crippen LogP contribution < -0.4 is 10.5 Å². The molecule has 84 valence electrons. The van der Waals surface area contributed by atoms with Gasteiger partial charge in [-0.1, -0.05) is 6.92 Å². The molecule has 0 radical (unpaired) electrons. The number of rotatable bonds is 3. The Morgan fingerprint density at radius 1 is 1.60 bits per heavy atom. The molecule has 0 saturated heterocycles. The van der Waals surface area contributed by atoms with Crippen LogP contribution >= 0.6 is 15.9 Å². The summed E-state index contributed by atoms with van der Waals surface area (Å²) in [5.41, 5.74) is -0.178. The van der Waals surface area contributed by atoms with E-state index in [-0.39, 0.29) is 11.1 Å². The number of anilines is 1. The fourth-order valence-electron chi connectivity index (χ4n) is 1.13. The SMILES string of the molecule is CCC(C)(C)N(C)c1nc[nH]c(=O)c1Br. The average molecular weight is 274 g/mol. The molecule has 5 heteroatoms. The van der Waals surface area contributed by atoms with E-state index in [1.54, 1.807) is 0 Å². The number of hydrogen-bond acceptors (Lipinski definition) is 3.